The number of carbonyl (C=O) groups excluding carboxylic acids is 3. The van der Waals surface area contributed by atoms with Gasteiger partial charge in [-0.15, -0.1) is 0 Å². The molecule has 154 valence electrons. The van der Waals surface area contributed by atoms with E-state index < -0.39 is 12.0 Å². The van der Waals surface area contributed by atoms with Crippen molar-refractivity contribution in [3.8, 4) is 0 Å². The zero-order chi connectivity index (χ0) is 20.5. The highest BCUT2D eigenvalue weighted by atomic mass is 16.5. The molecule has 1 aromatic carbocycles. The summed E-state index contributed by atoms with van der Waals surface area (Å²) in [7, 11) is 0. The molecule has 0 aliphatic heterocycles. The van der Waals surface area contributed by atoms with Crippen LogP contribution in [0.2, 0.25) is 0 Å². The predicted octanol–water partition coefficient (Wildman–Crippen LogP) is 3.13. The second kappa shape index (κ2) is 10.8. The molecule has 2 N–H and O–H groups in total. The predicted molar refractivity (Wildman–Crippen MR) is 108 cm³/mol. The van der Waals surface area contributed by atoms with Crippen LogP contribution in [0.4, 0.5) is 0 Å². The van der Waals surface area contributed by atoms with Crippen molar-refractivity contribution in [3.63, 3.8) is 0 Å². The molecule has 0 radical (unpaired) electrons. The minimum Gasteiger partial charge on any atom is -0.454 e. The van der Waals surface area contributed by atoms with Crippen LogP contribution in [-0.4, -0.2) is 36.5 Å². The van der Waals surface area contributed by atoms with Gasteiger partial charge in [-0.1, -0.05) is 57.2 Å². The second-order valence-electron chi connectivity index (χ2n) is 7.92. The van der Waals surface area contributed by atoms with Gasteiger partial charge in [0, 0.05) is 11.6 Å². The molecule has 1 atom stereocenters. The van der Waals surface area contributed by atoms with E-state index >= 15 is 0 Å². The van der Waals surface area contributed by atoms with Crippen LogP contribution in [0.3, 0.4) is 0 Å². The first-order valence-electron chi connectivity index (χ1n) is 10.2. The molecule has 1 aromatic rings. The number of benzene rings is 1. The monoisotopic (exact) mass is 388 g/mol. The summed E-state index contributed by atoms with van der Waals surface area (Å²) in [6, 6.07) is 6.47. The summed E-state index contributed by atoms with van der Waals surface area (Å²) in [5, 5.41) is 5.67. The van der Waals surface area contributed by atoms with Crippen molar-refractivity contribution in [1.82, 2.24) is 10.6 Å². The van der Waals surface area contributed by atoms with Gasteiger partial charge in [-0.2, -0.15) is 0 Å². The van der Waals surface area contributed by atoms with Crippen LogP contribution in [0.1, 0.15) is 68.3 Å². The molecule has 0 unspecified atom stereocenters. The summed E-state index contributed by atoms with van der Waals surface area (Å²) in [5.41, 5.74) is 1.53. The quantitative estimate of drug-likeness (QED) is 0.555. The summed E-state index contributed by atoms with van der Waals surface area (Å²) < 4.78 is 5.19. The van der Waals surface area contributed by atoms with E-state index in [4.69, 9.17) is 4.74 Å². The van der Waals surface area contributed by atoms with Crippen LogP contribution >= 0.6 is 0 Å². The van der Waals surface area contributed by atoms with Gasteiger partial charge in [-0.3, -0.25) is 9.59 Å². The zero-order valence-electron chi connectivity index (χ0n) is 17.1. The van der Waals surface area contributed by atoms with Crippen LogP contribution in [0, 0.1) is 12.8 Å². The lowest BCUT2D eigenvalue weighted by Crippen LogP contribution is -2.46. The van der Waals surface area contributed by atoms with Crippen LogP contribution in [0.25, 0.3) is 0 Å². The molecule has 0 saturated heterocycles. The Bertz CT molecular complexity index is 662. The summed E-state index contributed by atoms with van der Waals surface area (Å²) in [6.07, 6.45) is 6.59. The highest BCUT2D eigenvalue weighted by Gasteiger charge is 2.27. The lowest BCUT2D eigenvalue weighted by molar-refractivity contribution is -0.151. The number of rotatable bonds is 7. The van der Waals surface area contributed by atoms with Crippen molar-refractivity contribution in [2.24, 2.45) is 5.92 Å². The van der Waals surface area contributed by atoms with E-state index in [-0.39, 0.29) is 30.4 Å². The lowest BCUT2D eigenvalue weighted by atomic mass is 10.0. The largest absolute Gasteiger partial charge is 0.454 e. The smallest absolute Gasteiger partial charge is 0.329 e. The normalized spacial score (nSPS) is 16.1. The minimum atomic E-state index is -0.806. The van der Waals surface area contributed by atoms with Crippen LogP contribution in [0.15, 0.2) is 24.3 Å². The Morgan fingerprint density at radius 3 is 2.21 bits per heavy atom. The first-order chi connectivity index (χ1) is 13.4. The van der Waals surface area contributed by atoms with Gasteiger partial charge in [0.05, 0.1) is 0 Å². The Kier molecular flexibility index (Phi) is 8.48. The standard InChI is InChI=1S/C22H32N2O4/c1-15(2)20(24-21(26)17-12-10-16(3)11-13-17)22(27)28-14-19(25)23-18-8-6-4-5-7-9-18/h10-13,15,18,20H,4-9,14H2,1-3H3,(H,23,25)(H,24,26)/t20-/m0/s1. The number of hydrogen-bond acceptors (Lipinski definition) is 4. The summed E-state index contributed by atoms with van der Waals surface area (Å²) in [4.78, 5) is 37.0. The van der Waals surface area contributed by atoms with Gasteiger partial charge in [0.25, 0.3) is 11.8 Å². The third-order valence-corrected chi connectivity index (χ3v) is 5.09. The highest BCUT2D eigenvalue weighted by molar-refractivity contribution is 5.97. The van der Waals surface area contributed by atoms with Gasteiger partial charge in [-0.05, 0) is 37.8 Å². The molecule has 2 amide bonds. The maximum absolute atomic E-state index is 12.4. The molecule has 0 heterocycles. The Morgan fingerprint density at radius 2 is 1.64 bits per heavy atom. The fourth-order valence-electron chi connectivity index (χ4n) is 3.35. The number of carbonyl (C=O) groups is 3. The number of nitrogens with one attached hydrogen (secondary N) is 2. The molecule has 28 heavy (non-hydrogen) atoms. The van der Waals surface area contributed by atoms with Crippen molar-refractivity contribution in [2.45, 2.75) is 71.4 Å². The Labute approximate surface area is 167 Å². The number of hydrogen-bond donors (Lipinski definition) is 2. The van der Waals surface area contributed by atoms with Crippen LogP contribution < -0.4 is 10.6 Å². The number of aryl methyl sites for hydroxylation is 1. The van der Waals surface area contributed by atoms with E-state index in [2.05, 4.69) is 10.6 Å². The molecule has 1 aliphatic rings. The van der Waals surface area contributed by atoms with Crippen LogP contribution in [0.5, 0.6) is 0 Å². The van der Waals surface area contributed by atoms with Crippen molar-refractivity contribution in [1.29, 1.82) is 0 Å². The molecule has 1 fully saturated rings. The molecule has 6 heteroatoms. The molecule has 0 bridgehead atoms. The Balaban J connectivity index is 1.85. The van der Waals surface area contributed by atoms with Gasteiger partial charge in [0.2, 0.25) is 0 Å². The van der Waals surface area contributed by atoms with Gasteiger partial charge in [0.15, 0.2) is 6.61 Å². The summed E-state index contributed by atoms with van der Waals surface area (Å²) in [6.45, 7) is 5.27. The average molecular weight is 389 g/mol. The number of amides is 2. The molecule has 2 rings (SSSR count). The highest BCUT2D eigenvalue weighted by Crippen LogP contribution is 2.17. The Morgan fingerprint density at radius 1 is 1.04 bits per heavy atom. The average Bonchev–Trinajstić information content (AvgIpc) is 2.93. The SMILES string of the molecule is Cc1ccc(C(=O)N[C@H](C(=O)OCC(=O)NC2CCCCCC2)C(C)C)cc1. The van der Waals surface area contributed by atoms with E-state index in [1.165, 1.54) is 12.8 Å². The molecular formula is C22H32N2O4. The molecule has 6 nitrogen and oxygen atoms in total. The van der Waals surface area contributed by atoms with Crippen molar-refractivity contribution in [2.75, 3.05) is 6.61 Å². The van der Waals surface area contributed by atoms with Gasteiger partial charge >= 0.3 is 5.97 Å². The third kappa shape index (κ3) is 6.98. The first-order valence-corrected chi connectivity index (χ1v) is 10.2. The third-order valence-electron chi connectivity index (χ3n) is 5.09. The maximum atomic E-state index is 12.4. The molecule has 1 saturated carbocycles. The fourth-order valence-corrected chi connectivity index (χ4v) is 3.35. The zero-order valence-corrected chi connectivity index (χ0v) is 17.1. The lowest BCUT2D eigenvalue weighted by Gasteiger charge is -2.21. The first kappa shape index (κ1) is 21.9. The maximum Gasteiger partial charge on any atom is 0.329 e. The van der Waals surface area contributed by atoms with Crippen molar-refractivity contribution in [3.05, 3.63) is 35.4 Å². The van der Waals surface area contributed by atoms with Gasteiger partial charge < -0.3 is 15.4 Å². The van der Waals surface area contributed by atoms with E-state index in [0.29, 0.717) is 5.56 Å². The summed E-state index contributed by atoms with van der Waals surface area (Å²) in [5.74, 6) is -1.37. The molecule has 1 aliphatic carbocycles. The molecular weight excluding hydrogens is 356 g/mol. The number of ether oxygens (including phenoxy) is 1. The second-order valence-corrected chi connectivity index (χ2v) is 7.92. The van der Waals surface area contributed by atoms with Crippen molar-refractivity contribution >= 4 is 17.8 Å². The van der Waals surface area contributed by atoms with Gasteiger partial charge in [0.1, 0.15) is 6.04 Å². The van der Waals surface area contributed by atoms with Crippen molar-refractivity contribution < 1.29 is 19.1 Å². The minimum absolute atomic E-state index is 0.160. The summed E-state index contributed by atoms with van der Waals surface area (Å²) >= 11 is 0. The van der Waals surface area contributed by atoms with E-state index in [1.54, 1.807) is 12.1 Å². The van der Waals surface area contributed by atoms with E-state index in [9.17, 15) is 14.4 Å². The van der Waals surface area contributed by atoms with Gasteiger partial charge in [-0.25, -0.2) is 4.79 Å². The van der Waals surface area contributed by atoms with E-state index in [0.717, 1.165) is 31.2 Å². The van der Waals surface area contributed by atoms with Crippen LogP contribution in [-0.2, 0) is 14.3 Å². The topological polar surface area (TPSA) is 84.5 Å². The van der Waals surface area contributed by atoms with E-state index in [1.807, 2.05) is 32.9 Å². The number of esters is 1. The molecule has 0 aromatic heterocycles. The molecule has 0 spiro atoms. The Hall–Kier alpha value is -2.37. The fraction of sp³-hybridized carbons (Fsp3) is 0.591.